The van der Waals surface area contributed by atoms with Crippen LogP contribution in [-0.2, 0) is 28.6 Å². The Hall–Kier alpha value is -4.19. The van der Waals surface area contributed by atoms with Crippen molar-refractivity contribution in [2.24, 2.45) is 0 Å². The quantitative estimate of drug-likeness (QED) is 0.0261. The molecule has 0 saturated carbocycles. The molecule has 0 fully saturated rings. The molecule has 0 aliphatic heterocycles. The highest BCUT2D eigenvalue weighted by atomic mass is 16.6. The highest BCUT2D eigenvalue weighted by Gasteiger charge is 2.19. The molecular formula is C76H128O6. The molecule has 0 aromatic rings. The van der Waals surface area contributed by atoms with E-state index in [4.69, 9.17) is 14.2 Å². The van der Waals surface area contributed by atoms with Crippen molar-refractivity contribution in [2.45, 2.75) is 329 Å². The molecule has 0 aromatic carbocycles. The summed E-state index contributed by atoms with van der Waals surface area (Å²) in [5, 5.41) is 0. The van der Waals surface area contributed by atoms with E-state index >= 15 is 0 Å². The lowest BCUT2D eigenvalue weighted by Gasteiger charge is -2.18. The number of unbranched alkanes of at least 4 members (excludes halogenated alkanes) is 31. The van der Waals surface area contributed by atoms with E-state index in [9.17, 15) is 14.4 Å². The molecule has 0 aliphatic carbocycles. The number of hydrogen-bond acceptors (Lipinski definition) is 6. The molecule has 82 heavy (non-hydrogen) atoms. The zero-order valence-electron chi connectivity index (χ0n) is 53.7. The number of ether oxygens (including phenoxy) is 3. The second-order valence-electron chi connectivity index (χ2n) is 22.7. The minimum absolute atomic E-state index is 0.0891. The molecule has 0 aromatic heterocycles. The first kappa shape index (κ1) is 77.8. The minimum atomic E-state index is -0.795. The van der Waals surface area contributed by atoms with Crippen LogP contribution in [-0.4, -0.2) is 37.2 Å². The largest absolute Gasteiger partial charge is 0.462 e. The third kappa shape index (κ3) is 66.6. The molecular weight excluding hydrogens is 1010 g/mol. The summed E-state index contributed by atoms with van der Waals surface area (Å²) in [6.45, 7) is 6.40. The molecule has 0 N–H and O–H groups in total. The van der Waals surface area contributed by atoms with E-state index in [-0.39, 0.29) is 31.1 Å². The van der Waals surface area contributed by atoms with Crippen LogP contribution < -0.4 is 0 Å². The lowest BCUT2D eigenvalue weighted by Crippen LogP contribution is -2.30. The summed E-state index contributed by atoms with van der Waals surface area (Å²) < 4.78 is 16.9. The number of carbonyl (C=O) groups excluding carboxylic acids is 3. The van der Waals surface area contributed by atoms with Crippen LogP contribution in [0.4, 0.5) is 0 Å². The van der Waals surface area contributed by atoms with Crippen LogP contribution in [0.2, 0.25) is 0 Å². The van der Waals surface area contributed by atoms with Crippen LogP contribution in [0.15, 0.2) is 122 Å². The van der Waals surface area contributed by atoms with Crippen molar-refractivity contribution < 1.29 is 28.6 Å². The van der Waals surface area contributed by atoms with Crippen LogP contribution in [0.3, 0.4) is 0 Å². The van der Waals surface area contributed by atoms with Gasteiger partial charge in [-0.25, -0.2) is 0 Å². The summed E-state index contributed by atoms with van der Waals surface area (Å²) in [6.07, 6.45) is 96.6. The summed E-state index contributed by atoms with van der Waals surface area (Å²) >= 11 is 0. The predicted octanol–water partition coefficient (Wildman–Crippen LogP) is 23.9. The Morgan fingerprint density at radius 1 is 0.256 bits per heavy atom. The fraction of sp³-hybridized carbons (Fsp3) is 0.697. The van der Waals surface area contributed by atoms with Gasteiger partial charge in [0.05, 0.1) is 0 Å². The molecule has 0 spiro atoms. The number of hydrogen-bond donors (Lipinski definition) is 0. The Balaban J connectivity index is 4.23. The molecule has 0 amide bonds. The summed E-state index contributed by atoms with van der Waals surface area (Å²) in [4.78, 5) is 38.3. The van der Waals surface area contributed by atoms with Crippen molar-refractivity contribution in [1.29, 1.82) is 0 Å². The first-order chi connectivity index (χ1) is 40.5. The third-order valence-corrected chi connectivity index (χ3v) is 14.7. The van der Waals surface area contributed by atoms with Crippen molar-refractivity contribution >= 4 is 17.9 Å². The molecule has 0 heterocycles. The van der Waals surface area contributed by atoms with Gasteiger partial charge >= 0.3 is 17.9 Å². The van der Waals surface area contributed by atoms with Gasteiger partial charge in [-0.05, 0) is 128 Å². The SMILES string of the molecule is CC/C=C\C/C=C\C/C=C\C/C=C\C/C=C\C/C=C\CCCCCCCCCCCCCCCCC(=O)OCC(COC(=O)CCCCC/C=C\C/C=C\C/C=C\CC)OC(=O)CCCCCCCCC/C=C\CCCCCCCCC. The van der Waals surface area contributed by atoms with E-state index in [0.717, 1.165) is 122 Å². The van der Waals surface area contributed by atoms with Gasteiger partial charge in [-0.15, -0.1) is 0 Å². The molecule has 1 atom stereocenters. The van der Waals surface area contributed by atoms with Gasteiger partial charge in [0.25, 0.3) is 0 Å². The lowest BCUT2D eigenvalue weighted by atomic mass is 10.0. The van der Waals surface area contributed by atoms with Crippen molar-refractivity contribution in [1.82, 2.24) is 0 Å². The van der Waals surface area contributed by atoms with Crippen molar-refractivity contribution in [3.8, 4) is 0 Å². The number of carbonyl (C=O) groups is 3. The molecule has 0 radical (unpaired) electrons. The van der Waals surface area contributed by atoms with E-state index in [0.29, 0.717) is 19.3 Å². The van der Waals surface area contributed by atoms with Gasteiger partial charge in [0.15, 0.2) is 6.10 Å². The third-order valence-electron chi connectivity index (χ3n) is 14.7. The molecule has 6 nitrogen and oxygen atoms in total. The maximum Gasteiger partial charge on any atom is 0.306 e. The fourth-order valence-corrected chi connectivity index (χ4v) is 9.57. The van der Waals surface area contributed by atoms with Gasteiger partial charge in [0, 0.05) is 19.3 Å². The minimum Gasteiger partial charge on any atom is -0.462 e. The Labute approximate surface area is 507 Å². The normalized spacial score (nSPS) is 12.9. The predicted molar refractivity (Wildman–Crippen MR) is 357 cm³/mol. The zero-order valence-corrected chi connectivity index (χ0v) is 53.7. The maximum atomic E-state index is 12.9. The fourth-order valence-electron chi connectivity index (χ4n) is 9.57. The van der Waals surface area contributed by atoms with Crippen molar-refractivity contribution in [2.75, 3.05) is 13.2 Å². The second kappa shape index (κ2) is 69.3. The highest BCUT2D eigenvalue weighted by Crippen LogP contribution is 2.16. The lowest BCUT2D eigenvalue weighted by molar-refractivity contribution is -0.167. The summed E-state index contributed by atoms with van der Waals surface area (Å²) in [5.74, 6) is -0.915. The van der Waals surface area contributed by atoms with E-state index < -0.39 is 6.10 Å². The smallest absolute Gasteiger partial charge is 0.306 e. The molecule has 6 heteroatoms. The summed E-state index contributed by atoms with van der Waals surface area (Å²) in [7, 11) is 0. The summed E-state index contributed by atoms with van der Waals surface area (Å²) in [5.41, 5.74) is 0. The molecule has 1 unspecified atom stereocenters. The van der Waals surface area contributed by atoms with Gasteiger partial charge in [-0.1, -0.05) is 296 Å². The molecule has 0 aliphatic rings. The van der Waals surface area contributed by atoms with Crippen LogP contribution >= 0.6 is 0 Å². The molecule has 468 valence electrons. The number of allylic oxidation sites excluding steroid dienone is 20. The van der Waals surface area contributed by atoms with Gasteiger partial charge in [-0.3, -0.25) is 14.4 Å². The Morgan fingerprint density at radius 3 is 0.768 bits per heavy atom. The van der Waals surface area contributed by atoms with E-state index in [1.807, 2.05) is 0 Å². The molecule has 0 bridgehead atoms. The molecule has 0 saturated heterocycles. The van der Waals surface area contributed by atoms with Crippen LogP contribution in [0.1, 0.15) is 323 Å². The number of esters is 3. The average Bonchev–Trinajstić information content (AvgIpc) is 3.47. The van der Waals surface area contributed by atoms with E-state index in [1.165, 1.54) is 161 Å². The standard InChI is InChI=1S/C76H128O6/c1-4-7-10-13-16-19-22-25-27-29-31-32-33-34-35-36-37-38-39-40-41-42-43-44-45-47-48-51-54-57-60-63-66-69-75(78)81-72-73(71-80-74(77)68-65-62-59-56-53-50-24-21-18-15-12-9-6-3)82-76(79)70-67-64-61-58-55-52-49-46-30-28-26-23-20-17-14-11-8-5-2/h7,9-10,12,16,18-19,21,25,27-28,30-32,34-35,37-38,50,53,73H,4-6,8,11,13-15,17,20,22-24,26,29,33,36,39-49,51-52,54-72H2,1-3H3/b10-7-,12-9-,19-16-,21-18-,27-25-,30-28-,32-31-,35-34-,38-37-,53-50-. The average molecular weight is 1140 g/mol. The van der Waals surface area contributed by atoms with Gasteiger partial charge < -0.3 is 14.2 Å². The van der Waals surface area contributed by atoms with Gasteiger partial charge in [0.2, 0.25) is 0 Å². The van der Waals surface area contributed by atoms with Gasteiger partial charge in [-0.2, -0.15) is 0 Å². The zero-order chi connectivity index (χ0) is 59.2. The Morgan fingerprint density at radius 2 is 0.476 bits per heavy atom. The van der Waals surface area contributed by atoms with E-state index in [2.05, 4.69) is 142 Å². The van der Waals surface area contributed by atoms with Crippen LogP contribution in [0.5, 0.6) is 0 Å². The number of rotatable bonds is 62. The van der Waals surface area contributed by atoms with E-state index in [1.54, 1.807) is 0 Å². The second-order valence-corrected chi connectivity index (χ2v) is 22.7. The Bertz CT molecular complexity index is 1690. The van der Waals surface area contributed by atoms with Crippen LogP contribution in [0.25, 0.3) is 0 Å². The first-order valence-electron chi connectivity index (χ1n) is 34.5. The van der Waals surface area contributed by atoms with Crippen molar-refractivity contribution in [3.05, 3.63) is 122 Å². The topological polar surface area (TPSA) is 78.9 Å². The monoisotopic (exact) mass is 1140 g/mol. The molecule has 0 rings (SSSR count). The van der Waals surface area contributed by atoms with Crippen LogP contribution in [0, 0.1) is 0 Å². The first-order valence-corrected chi connectivity index (χ1v) is 34.5. The highest BCUT2D eigenvalue weighted by molar-refractivity contribution is 5.71. The van der Waals surface area contributed by atoms with Gasteiger partial charge in [0.1, 0.15) is 13.2 Å². The van der Waals surface area contributed by atoms with Crippen molar-refractivity contribution in [3.63, 3.8) is 0 Å². The Kier molecular flexibility index (Phi) is 65.8. The summed E-state index contributed by atoms with van der Waals surface area (Å²) in [6, 6.07) is 0. The maximum absolute atomic E-state index is 12.9.